The van der Waals surface area contributed by atoms with Crippen molar-refractivity contribution >= 4 is 38.7 Å². The third kappa shape index (κ3) is 4.03. The van der Waals surface area contributed by atoms with E-state index in [9.17, 15) is 13.2 Å². The highest BCUT2D eigenvalue weighted by Gasteiger charge is 2.33. The number of hydrogen-bond donors (Lipinski definition) is 1. The van der Waals surface area contributed by atoms with Crippen molar-refractivity contribution in [1.82, 2.24) is 18.4 Å². The summed E-state index contributed by atoms with van der Waals surface area (Å²) in [6.07, 6.45) is 0.996. The molecule has 1 aliphatic rings. The summed E-state index contributed by atoms with van der Waals surface area (Å²) in [4.78, 5) is 12.8. The third-order valence-corrected chi connectivity index (χ3v) is 7.82. The average molecular weight is 431 g/mol. The van der Waals surface area contributed by atoms with Crippen LogP contribution in [0.3, 0.4) is 0 Å². The molecule has 1 aliphatic heterocycles. The molecule has 0 bridgehead atoms. The Hall–Kier alpha value is -2.36. The quantitative estimate of drug-likeness (QED) is 0.672. The number of carbonyl (C=O) groups excluding carboxylic acids is 1. The SMILES string of the molecule is C[C@@H](NC(=O)C1CCN(S(=O)(=O)c2cccc3nsnc23)CC1)c1ccccc1. The number of rotatable bonds is 5. The van der Waals surface area contributed by atoms with Gasteiger partial charge < -0.3 is 5.32 Å². The fraction of sp³-hybridized carbons (Fsp3) is 0.350. The molecule has 1 saturated heterocycles. The molecule has 1 N–H and O–H groups in total. The van der Waals surface area contributed by atoms with Gasteiger partial charge in [-0.3, -0.25) is 4.79 Å². The zero-order chi connectivity index (χ0) is 20.4. The minimum atomic E-state index is -3.67. The fourth-order valence-corrected chi connectivity index (χ4v) is 5.87. The Morgan fingerprint density at radius 3 is 2.55 bits per heavy atom. The lowest BCUT2D eigenvalue weighted by Crippen LogP contribution is -2.43. The van der Waals surface area contributed by atoms with Gasteiger partial charge in [-0.2, -0.15) is 13.1 Å². The Bertz CT molecular complexity index is 1110. The van der Waals surface area contributed by atoms with Gasteiger partial charge in [0.1, 0.15) is 15.9 Å². The number of aromatic nitrogens is 2. The highest BCUT2D eigenvalue weighted by atomic mass is 32.2. The van der Waals surface area contributed by atoms with Gasteiger partial charge in [-0.1, -0.05) is 36.4 Å². The number of nitrogens with one attached hydrogen (secondary N) is 1. The maximum atomic E-state index is 13.1. The number of benzene rings is 2. The lowest BCUT2D eigenvalue weighted by molar-refractivity contribution is -0.126. The highest BCUT2D eigenvalue weighted by molar-refractivity contribution is 7.89. The maximum absolute atomic E-state index is 13.1. The lowest BCUT2D eigenvalue weighted by Gasteiger charge is -2.31. The third-order valence-electron chi connectivity index (χ3n) is 5.35. The molecule has 1 aromatic heterocycles. The normalized spacial score (nSPS) is 17.3. The Balaban J connectivity index is 1.41. The van der Waals surface area contributed by atoms with Gasteiger partial charge in [0.2, 0.25) is 15.9 Å². The monoisotopic (exact) mass is 430 g/mol. The van der Waals surface area contributed by atoms with Crippen molar-refractivity contribution in [2.45, 2.75) is 30.7 Å². The van der Waals surface area contributed by atoms with Crippen LogP contribution in [0.25, 0.3) is 11.0 Å². The molecule has 1 atom stereocenters. The summed E-state index contributed by atoms with van der Waals surface area (Å²) in [7, 11) is -3.67. The van der Waals surface area contributed by atoms with E-state index in [1.807, 2.05) is 37.3 Å². The first-order chi connectivity index (χ1) is 14.0. The van der Waals surface area contributed by atoms with Crippen LogP contribution in [0.1, 0.15) is 31.4 Å². The molecule has 2 aromatic carbocycles. The van der Waals surface area contributed by atoms with Gasteiger partial charge in [-0.15, -0.1) is 0 Å². The minimum Gasteiger partial charge on any atom is -0.349 e. The van der Waals surface area contributed by atoms with Crippen molar-refractivity contribution in [3.8, 4) is 0 Å². The standard InChI is InChI=1S/C20H22N4O3S2/c1-14(15-6-3-2-4-7-15)21-20(25)16-10-12-24(13-11-16)29(26,27)18-9-5-8-17-19(18)23-28-22-17/h2-9,14,16H,10-13H2,1H3,(H,21,25)/t14-/m1/s1. The number of amides is 1. The summed E-state index contributed by atoms with van der Waals surface area (Å²) < 4.78 is 35.9. The molecule has 7 nitrogen and oxygen atoms in total. The van der Waals surface area contributed by atoms with Crippen molar-refractivity contribution in [3.63, 3.8) is 0 Å². The number of fused-ring (bicyclic) bond motifs is 1. The second-order valence-corrected chi connectivity index (χ2v) is 9.64. The summed E-state index contributed by atoms with van der Waals surface area (Å²) >= 11 is 1.00. The van der Waals surface area contributed by atoms with Crippen LogP contribution < -0.4 is 5.32 Å². The fourth-order valence-electron chi connectivity index (χ4n) is 3.64. The van der Waals surface area contributed by atoms with Crippen molar-refractivity contribution in [3.05, 3.63) is 54.1 Å². The van der Waals surface area contributed by atoms with Gasteiger partial charge in [0.05, 0.1) is 17.8 Å². The first kappa shape index (κ1) is 19.9. The summed E-state index contributed by atoms with van der Waals surface area (Å²) in [6.45, 7) is 2.58. The number of nitrogens with zero attached hydrogens (tertiary/aromatic N) is 3. The van der Waals surface area contributed by atoms with E-state index in [1.54, 1.807) is 18.2 Å². The van der Waals surface area contributed by atoms with Crippen LogP contribution in [0, 0.1) is 5.92 Å². The van der Waals surface area contributed by atoms with Crippen LogP contribution in [0.2, 0.25) is 0 Å². The van der Waals surface area contributed by atoms with Gasteiger partial charge >= 0.3 is 0 Å². The molecule has 0 spiro atoms. The van der Waals surface area contributed by atoms with Crippen LogP contribution in [0.5, 0.6) is 0 Å². The van der Waals surface area contributed by atoms with Crippen molar-refractivity contribution in [2.24, 2.45) is 5.92 Å². The predicted molar refractivity (Wildman–Crippen MR) is 112 cm³/mol. The second kappa shape index (κ2) is 8.17. The van der Waals surface area contributed by atoms with Crippen LogP contribution in [-0.4, -0.2) is 40.5 Å². The molecule has 29 heavy (non-hydrogen) atoms. The molecule has 0 unspecified atom stereocenters. The summed E-state index contributed by atoms with van der Waals surface area (Å²) in [5.41, 5.74) is 2.04. The molecular formula is C20H22N4O3S2. The molecule has 1 fully saturated rings. The molecule has 3 aromatic rings. The lowest BCUT2D eigenvalue weighted by atomic mass is 9.96. The Kier molecular flexibility index (Phi) is 5.62. The summed E-state index contributed by atoms with van der Waals surface area (Å²) in [5.74, 6) is -0.214. The van der Waals surface area contributed by atoms with Crippen LogP contribution in [-0.2, 0) is 14.8 Å². The van der Waals surface area contributed by atoms with Crippen molar-refractivity contribution in [2.75, 3.05) is 13.1 Å². The van der Waals surface area contributed by atoms with E-state index in [2.05, 4.69) is 14.1 Å². The Labute approximate surface area is 174 Å². The van der Waals surface area contributed by atoms with E-state index in [4.69, 9.17) is 0 Å². The van der Waals surface area contributed by atoms with E-state index < -0.39 is 10.0 Å². The zero-order valence-electron chi connectivity index (χ0n) is 16.0. The number of hydrogen-bond acceptors (Lipinski definition) is 6. The Morgan fingerprint density at radius 1 is 1.10 bits per heavy atom. The molecular weight excluding hydrogens is 408 g/mol. The van der Waals surface area contributed by atoms with Crippen LogP contribution in [0.15, 0.2) is 53.4 Å². The maximum Gasteiger partial charge on any atom is 0.245 e. The molecule has 9 heteroatoms. The smallest absolute Gasteiger partial charge is 0.245 e. The minimum absolute atomic E-state index is 0.0239. The second-order valence-electron chi connectivity index (χ2n) is 7.21. The van der Waals surface area contributed by atoms with Gasteiger partial charge in [-0.25, -0.2) is 8.42 Å². The van der Waals surface area contributed by atoms with Gasteiger partial charge in [0.15, 0.2) is 0 Å². The van der Waals surface area contributed by atoms with Crippen molar-refractivity contribution < 1.29 is 13.2 Å². The van der Waals surface area contributed by atoms with E-state index in [0.717, 1.165) is 17.3 Å². The summed E-state index contributed by atoms with van der Waals surface area (Å²) in [6, 6.07) is 14.7. The first-order valence-electron chi connectivity index (χ1n) is 9.53. The van der Waals surface area contributed by atoms with E-state index in [1.165, 1.54) is 4.31 Å². The van der Waals surface area contributed by atoms with E-state index in [0.29, 0.717) is 37.0 Å². The molecule has 0 aliphatic carbocycles. The first-order valence-corrected chi connectivity index (χ1v) is 11.7. The number of carbonyl (C=O) groups is 1. The topological polar surface area (TPSA) is 92.3 Å². The molecule has 2 heterocycles. The molecule has 0 saturated carbocycles. The van der Waals surface area contributed by atoms with E-state index in [-0.39, 0.29) is 22.8 Å². The summed E-state index contributed by atoms with van der Waals surface area (Å²) in [5, 5.41) is 3.05. The largest absolute Gasteiger partial charge is 0.349 e. The van der Waals surface area contributed by atoms with Crippen molar-refractivity contribution in [1.29, 1.82) is 0 Å². The molecule has 4 rings (SSSR count). The molecule has 1 amide bonds. The number of piperidine rings is 1. The highest BCUT2D eigenvalue weighted by Crippen LogP contribution is 2.28. The average Bonchev–Trinajstić information content (AvgIpc) is 3.23. The van der Waals surface area contributed by atoms with Gasteiger partial charge in [0.25, 0.3) is 0 Å². The predicted octanol–water partition coefficient (Wildman–Crippen LogP) is 2.97. The molecule has 0 radical (unpaired) electrons. The van der Waals surface area contributed by atoms with Crippen LogP contribution in [0.4, 0.5) is 0 Å². The zero-order valence-corrected chi connectivity index (χ0v) is 17.6. The van der Waals surface area contributed by atoms with Gasteiger partial charge in [0, 0.05) is 19.0 Å². The number of sulfonamides is 1. The van der Waals surface area contributed by atoms with Gasteiger partial charge in [-0.05, 0) is 37.5 Å². The molecule has 152 valence electrons. The Morgan fingerprint density at radius 2 is 1.83 bits per heavy atom. The van der Waals surface area contributed by atoms with E-state index >= 15 is 0 Å². The van der Waals surface area contributed by atoms with Crippen LogP contribution >= 0.6 is 11.7 Å².